The number of nitrogens with one attached hydrogen (secondary N) is 2. The minimum Gasteiger partial charge on any atom is -0.383 e. The van der Waals surface area contributed by atoms with Crippen molar-refractivity contribution in [2.45, 2.75) is 23.8 Å². The van der Waals surface area contributed by atoms with E-state index in [9.17, 15) is 16.8 Å². The molecule has 0 bridgehead atoms. The first-order valence-electron chi connectivity index (χ1n) is 5.96. The molecule has 114 valence electrons. The lowest BCUT2D eigenvalue weighted by atomic mass is 10.1. The van der Waals surface area contributed by atoms with Gasteiger partial charge in [-0.3, -0.25) is 5.10 Å². The predicted molar refractivity (Wildman–Crippen MR) is 72.8 cm³/mol. The van der Waals surface area contributed by atoms with Gasteiger partial charge in [0.15, 0.2) is 0 Å². The van der Waals surface area contributed by atoms with Crippen LogP contribution in [-0.4, -0.2) is 56.7 Å². The number of aromatic amines is 1. The molecule has 0 radical (unpaired) electrons. The van der Waals surface area contributed by atoms with Crippen LogP contribution in [0.3, 0.4) is 0 Å². The van der Waals surface area contributed by atoms with Crippen molar-refractivity contribution in [1.29, 1.82) is 0 Å². The number of nitrogens with zero attached hydrogens (tertiary/aromatic N) is 2. The second-order valence-corrected chi connectivity index (χ2v) is 8.43. The van der Waals surface area contributed by atoms with Crippen LogP contribution in [0.25, 0.3) is 0 Å². The molecule has 1 aliphatic heterocycles. The van der Waals surface area contributed by atoms with Crippen LogP contribution in [0.4, 0.5) is 5.82 Å². The van der Waals surface area contributed by atoms with Gasteiger partial charge in [0.25, 0.3) is 0 Å². The number of hydrogen-bond donors (Lipinski definition) is 3. The van der Waals surface area contributed by atoms with Crippen LogP contribution in [0.2, 0.25) is 0 Å². The number of hydrogen-bond acceptors (Lipinski definition) is 6. The third-order valence-corrected chi connectivity index (χ3v) is 5.67. The Kier molecular flexibility index (Phi) is 4.04. The minimum atomic E-state index is -3.76. The van der Waals surface area contributed by atoms with Gasteiger partial charge in [-0.05, 0) is 12.8 Å². The Balaban J connectivity index is 2.19. The van der Waals surface area contributed by atoms with Gasteiger partial charge in [-0.1, -0.05) is 0 Å². The van der Waals surface area contributed by atoms with Gasteiger partial charge in [-0.25, -0.2) is 21.6 Å². The van der Waals surface area contributed by atoms with Crippen LogP contribution in [0.5, 0.6) is 0 Å². The molecule has 1 aromatic rings. The van der Waals surface area contributed by atoms with Crippen LogP contribution < -0.4 is 10.5 Å². The highest BCUT2D eigenvalue weighted by Gasteiger charge is 2.33. The molecule has 0 saturated carbocycles. The molecule has 1 saturated heterocycles. The summed E-state index contributed by atoms with van der Waals surface area (Å²) in [5, 5.41) is 5.97. The van der Waals surface area contributed by atoms with Crippen LogP contribution in [-0.2, 0) is 20.0 Å². The fourth-order valence-corrected chi connectivity index (χ4v) is 4.52. The molecular weight excluding hydrogens is 306 g/mol. The lowest BCUT2D eigenvalue weighted by Crippen LogP contribution is -2.49. The number of sulfonamides is 2. The van der Waals surface area contributed by atoms with Gasteiger partial charge in [-0.15, -0.1) is 0 Å². The molecule has 2 heterocycles. The number of anilines is 1. The average molecular weight is 323 g/mol. The van der Waals surface area contributed by atoms with E-state index in [1.165, 1.54) is 4.31 Å². The zero-order valence-electron chi connectivity index (χ0n) is 10.9. The highest BCUT2D eigenvalue weighted by Crippen LogP contribution is 2.23. The highest BCUT2D eigenvalue weighted by molar-refractivity contribution is 7.89. The number of nitrogen functional groups attached to an aromatic ring is 1. The molecule has 1 unspecified atom stereocenters. The molecule has 11 heteroatoms. The standard InChI is InChI=1S/C9H17N5O4S2/c1-19(15,16)13-7-3-2-4-14(6-7)20(17,18)8-5-11-12-9(8)10/h5,7,13H,2-4,6H2,1H3,(H3,10,11,12). The molecule has 20 heavy (non-hydrogen) atoms. The van der Waals surface area contributed by atoms with Crippen molar-refractivity contribution in [2.24, 2.45) is 0 Å². The first kappa shape index (κ1) is 15.2. The Morgan fingerprint density at radius 1 is 1.45 bits per heavy atom. The number of aromatic nitrogens is 2. The van der Waals surface area contributed by atoms with E-state index in [1.54, 1.807) is 0 Å². The van der Waals surface area contributed by atoms with E-state index in [2.05, 4.69) is 14.9 Å². The molecule has 0 aliphatic carbocycles. The van der Waals surface area contributed by atoms with Gasteiger partial charge in [0.2, 0.25) is 20.0 Å². The van der Waals surface area contributed by atoms with E-state index in [1.807, 2.05) is 0 Å². The predicted octanol–water partition coefficient (Wildman–Crippen LogP) is -1.31. The quantitative estimate of drug-likeness (QED) is 0.629. The largest absolute Gasteiger partial charge is 0.383 e. The van der Waals surface area contributed by atoms with E-state index >= 15 is 0 Å². The fraction of sp³-hybridized carbons (Fsp3) is 0.667. The van der Waals surface area contributed by atoms with E-state index in [0.717, 1.165) is 12.5 Å². The summed E-state index contributed by atoms with van der Waals surface area (Å²) < 4.78 is 50.9. The third-order valence-electron chi connectivity index (χ3n) is 3.01. The molecule has 0 spiro atoms. The molecule has 2 rings (SSSR count). The number of piperidine rings is 1. The molecule has 1 aliphatic rings. The van der Waals surface area contributed by atoms with Gasteiger partial charge in [0.1, 0.15) is 10.7 Å². The van der Waals surface area contributed by atoms with E-state index in [0.29, 0.717) is 19.4 Å². The van der Waals surface area contributed by atoms with Crippen molar-refractivity contribution in [3.05, 3.63) is 6.20 Å². The molecule has 1 aromatic heterocycles. The molecule has 9 nitrogen and oxygen atoms in total. The van der Waals surface area contributed by atoms with Crippen LogP contribution in [0.15, 0.2) is 11.1 Å². The Morgan fingerprint density at radius 3 is 2.70 bits per heavy atom. The lowest BCUT2D eigenvalue weighted by Gasteiger charge is -2.31. The normalized spacial score (nSPS) is 21.9. The number of H-pyrrole nitrogens is 1. The summed E-state index contributed by atoms with van der Waals surface area (Å²) in [4.78, 5) is -0.0856. The molecule has 1 atom stereocenters. The number of rotatable bonds is 4. The maximum atomic E-state index is 12.4. The third kappa shape index (κ3) is 3.29. The Bertz CT molecular complexity index is 681. The smallest absolute Gasteiger partial charge is 0.248 e. The maximum Gasteiger partial charge on any atom is 0.248 e. The zero-order valence-corrected chi connectivity index (χ0v) is 12.5. The first-order chi connectivity index (χ1) is 9.20. The Labute approximate surface area is 117 Å². The molecule has 0 aromatic carbocycles. The van der Waals surface area contributed by atoms with Crippen molar-refractivity contribution in [3.63, 3.8) is 0 Å². The average Bonchev–Trinajstić information content (AvgIpc) is 2.74. The summed E-state index contributed by atoms with van der Waals surface area (Å²) in [6, 6.07) is -0.429. The summed E-state index contributed by atoms with van der Waals surface area (Å²) in [5.41, 5.74) is 5.53. The zero-order chi connectivity index (χ0) is 15.0. The highest BCUT2D eigenvalue weighted by atomic mass is 32.2. The topological polar surface area (TPSA) is 138 Å². The van der Waals surface area contributed by atoms with Crippen LogP contribution in [0, 0.1) is 0 Å². The second-order valence-electron chi connectivity index (χ2n) is 4.74. The van der Waals surface area contributed by atoms with E-state index < -0.39 is 26.1 Å². The van der Waals surface area contributed by atoms with Crippen molar-refractivity contribution in [1.82, 2.24) is 19.2 Å². The van der Waals surface area contributed by atoms with Crippen LogP contribution in [0.1, 0.15) is 12.8 Å². The van der Waals surface area contributed by atoms with Gasteiger partial charge in [0.05, 0.1) is 12.5 Å². The summed E-state index contributed by atoms with van der Waals surface area (Å²) in [5.74, 6) is -0.0248. The number of nitrogens with two attached hydrogens (primary N) is 1. The monoisotopic (exact) mass is 323 g/mol. The second kappa shape index (κ2) is 5.31. The van der Waals surface area contributed by atoms with Crippen LogP contribution >= 0.6 is 0 Å². The maximum absolute atomic E-state index is 12.4. The van der Waals surface area contributed by atoms with Crippen molar-refractivity contribution in [2.75, 3.05) is 25.1 Å². The summed E-state index contributed by atoms with van der Waals surface area (Å²) in [6.45, 7) is 0.412. The van der Waals surface area contributed by atoms with Gasteiger partial charge >= 0.3 is 0 Å². The summed E-state index contributed by atoms with van der Waals surface area (Å²) >= 11 is 0. The van der Waals surface area contributed by atoms with Gasteiger partial charge in [-0.2, -0.15) is 9.40 Å². The van der Waals surface area contributed by atoms with Gasteiger partial charge in [0, 0.05) is 19.1 Å². The molecule has 1 fully saturated rings. The van der Waals surface area contributed by atoms with E-state index in [-0.39, 0.29) is 17.3 Å². The summed E-state index contributed by atoms with van der Waals surface area (Å²) in [6.07, 6.45) is 3.37. The van der Waals surface area contributed by atoms with Crippen molar-refractivity contribution < 1.29 is 16.8 Å². The fourth-order valence-electron chi connectivity index (χ4n) is 2.19. The first-order valence-corrected chi connectivity index (χ1v) is 9.29. The molecule has 0 amide bonds. The van der Waals surface area contributed by atoms with E-state index in [4.69, 9.17) is 5.73 Å². The Hall–Kier alpha value is -1.17. The van der Waals surface area contributed by atoms with Gasteiger partial charge < -0.3 is 5.73 Å². The SMILES string of the molecule is CS(=O)(=O)NC1CCCN(S(=O)(=O)c2cn[nH]c2N)C1. The molecule has 4 N–H and O–H groups in total. The van der Waals surface area contributed by atoms with Crippen molar-refractivity contribution >= 4 is 25.9 Å². The summed E-state index contributed by atoms with van der Waals surface area (Å²) in [7, 11) is -7.13. The molecular formula is C9H17N5O4S2. The lowest BCUT2D eigenvalue weighted by molar-refractivity contribution is 0.303. The Morgan fingerprint density at radius 2 is 2.15 bits per heavy atom. The van der Waals surface area contributed by atoms with Crippen molar-refractivity contribution in [3.8, 4) is 0 Å². The minimum absolute atomic E-state index is 0.0248.